The molecule has 2 nitrogen and oxygen atoms in total. The fourth-order valence-electron chi connectivity index (χ4n) is 1.59. The van der Waals surface area contributed by atoms with Gasteiger partial charge in [0, 0.05) is 25.3 Å². The number of hydrogen-bond donors (Lipinski definition) is 1. The smallest absolute Gasteiger partial charge is 0.0363 e. The average molecular weight is 206 g/mol. The molecule has 0 aliphatic rings. The Morgan fingerprint density at radius 1 is 1.27 bits per heavy atom. The third kappa shape index (κ3) is 4.34. The molecule has 0 spiro atoms. The van der Waals surface area contributed by atoms with Crippen LogP contribution in [0.15, 0.2) is 30.3 Å². The Labute approximate surface area is 93.3 Å². The van der Waals surface area contributed by atoms with Gasteiger partial charge in [-0.2, -0.15) is 0 Å². The first-order valence-corrected chi connectivity index (χ1v) is 5.67. The summed E-state index contributed by atoms with van der Waals surface area (Å²) in [7, 11) is 4.17. The second kappa shape index (κ2) is 6.46. The first kappa shape index (κ1) is 12.1. The highest BCUT2D eigenvalue weighted by atomic mass is 15.1. The first-order chi connectivity index (χ1) is 7.24. The molecule has 0 bridgehead atoms. The highest BCUT2D eigenvalue weighted by Gasteiger charge is 2.01. The van der Waals surface area contributed by atoms with Crippen LogP contribution in [-0.4, -0.2) is 26.7 Å². The van der Waals surface area contributed by atoms with E-state index in [1.165, 1.54) is 18.5 Å². The third-order valence-corrected chi connectivity index (χ3v) is 2.82. The number of nitrogens with zero attached hydrogens (tertiary/aromatic N) is 1. The molecule has 1 aromatic rings. The molecule has 1 aromatic carbocycles. The number of hydrogen-bond acceptors (Lipinski definition) is 2. The number of para-hydroxylation sites is 1. The summed E-state index contributed by atoms with van der Waals surface area (Å²) in [6, 6.07) is 11.2. The van der Waals surface area contributed by atoms with E-state index in [2.05, 4.69) is 54.5 Å². The minimum Gasteiger partial charge on any atom is -0.375 e. The van der Waals surface area contributed by atoms with Crippen LogP contribution in [-0.2, 0) is 0 Å². The van der Waals surface area contributed by atoms with Gasteiger partial charge in [0.2, 0.25) is 0 Å². The second-order valence-corrected chi connectivity index (χ2v) is 4.09. The quantitative estimate of drug-likeness (QED) is 0.769. The van der Waals surface area contributed by atoms with Crippen LogP contribution < -0.4 is 10.2 Å². The summed E-state index contributed by atoms with van der Waals surface area (Å²) < 4.78 is 0. The van der Waals surface area contributed by atoms with Gasteiger partial charge in [-0.1, -0.05) is 18.2 Å². The maximum atomic E-state index is 3.26. The summed E-state index contributed by atoms with van der Waals surface area (Å²) in [5, 5.41) is 3.26. The molecule has 84 valence electrons. The van der Waals surface area contributed by atoms with E-state index in [1.54, 1.807) is 0 Å². The SMILES string of the molecule is CNC(C)CCCN(C)c1ccccc1. The molecule has 0 amide bonds. The van der Waals surface area contributed by atoms with E-state index in [1.807, 2.05) is 7.05 Å². The van der Waals surface area contributed by atoms with E-state index in [0.717, 1.165) is 6.54 Å². The van der Waals surface area contributed by atoms with E-state index in [0.29, 0.717) is 6.04 Å². The standard InChI is InChI=1S/C13H22N2/c1-12(14-2)8-7-11-15(3)13-9-5-4-6-10-13/h4-6,9-10,12,14H,7-8,11H2,1-3H3. The summed E-state index contributed by atoms with van der Waals surface area (Å²) in [6.07, 6.45) is 2.46. The van der Waals surface area contributed by atoms with Crippen LogP contribution in [0.5, 0.6) is 0 Å². The van der Waals surface area contributed by atoms with Crippen LogP contribution >= 0.6 is 0 Å². The van der Waals surface area contributed by atoms with Crippen LogP contribution in [0.3, 0.4) is 0 Å². The Balaban J connectivity index is 2.28. The van der Waals surface area contributed by atoms with Gasteiger partial charge in [-0.3, -0.25) is 0 Å². The molecule has 0 fully saturated rings. The second-order valence-electron chi connectivity index (χ2n) is 4.09. The van der Waals surface area contributed by atoms with Crippen molar-refractivity contribution in [3.63, 3.8) is 0 Å². The first-order valence-electron chi connectivity index (χ1n) is 5.67. The van der Waals surface area contributed by atoms with Crippen molar-refractivity contribution in [1.82, 2.24) is 5.32 Å². The van der Waals surface area contributed by atoms with E-state index in [9.17, 15) is 0 Å². The topological polar surface area (TPSA) is 15.3 Å². The monoisotopic (exact) mass is 206 g/mol. The van der Waals surface area contributed by atoms with Gasteiger partial charge in [0.25, 0.3) is 0 Å². The predicted molar refractivity (Wildman–Crippen MR) is 67.5 cm³/mol. The maximum absolute atomic E-state index is 3.26. The Hall–Kier alpha value is -1.02. The van der Waals surface area contributed by atoms with Crippen LogP contribution in [0.1, 0.15) is 19.8 Å². The van der Waals surface area contributed by atoms with E-state index >= 15 is 0 Å². The van der Waals surface area contributed by atoms with Crippen LogP contribution in [0.2, 0.25) is 0 Å². The van der Waals surface area contributed by atoms with Gasteiger partial charge in [0.05, 0.1) is 0 Å². The lowest BCUT2D eigenvalue weighted by Gasteiger charge is -2.20. The van der Waals surface area contributed by atoms with Gasteiger partial charge in [0.15, 0.2) is 0 Å². The molecule has 1 rings (SSSR count). The summed E-state index contributed by atoms with van der Waals surface area (Å²) >= 11 is 0. The zero-order valence-corrected chi connectivity index (χ0v) is 10.0. The lowest BCUT2D eigenvalue weighted by molar-refractivity contribution is 0.542. The van der Waals surface area contributed by atoms with Crippen molar-refractivity contribution in [2.24, 2.45) is 0 Å². The van der Waals surface area contributed by atoms with Crippen molar-refractivity contribution in [1.29, 1.82) is 0 Å². The van der Waals surface area contributed by atoms with E-state index in [-0.39, 0.29) is 0 Å². The Bertz CT molecular complexity index is 258. The van der Waals surface area contributed by atoms with Crippen molar-refractivity contribution >= 4 is 5.69 Å². The van der Waals surface area contributed by atoms with Crippen molar-refractivity contribution in [2.45, 2.75) is 25.8 Å². The van der Waals surface area contributed by atoms with Gasteiger partial charge < -0.3 is 10.2 Å². The number of rotatable bonds is 6. The molecule has 0 heterocycles. The summed E-state index contributed by atoms with van der Waals surface area (Å²) in [5.41, 5.74) is 1.30. The van der Waals surface area contributed by atoms with E-state index < -0.39 is 0 Å². The number of benzene rings is 1. The molecule has 0 radical (unpaired) electrons. The lowest BCUT2D eigenvalue weighted by Crippen LogP contribution is -2.24. The lowest BCUT2D eigenvalue weighted by atomic mass is 10.2. The van der Waals surface area contributed by atoms with Gasteiger partial charge in [-0.05, 0) is 38.9 Å². The zero-order valence-electron chi connectivity index (χ0n) is 10.0. The molecule has 1 atom stereocenters. The van der Waals surface area contributed by atoms with Gasteiger partial charge in [-0.25, -0.2) is 0 Å². The normalized spacial score (nSPS) is 12.5. The number of nitrogens with one attached hydrogen (secondary N) is 1. The molecular weight excluding hydrogens is 184 g/mol. The molecule has 1 unspecified atom stereocenters. The summed E-state index contributed by atoms with van der Waals surface area (Å²) in [6.45, 7) is 3.35. The van der Waals surface area contributed by atoms with Crippen LogP contribution in [0.4, 0.5) is 5.69 Å². The van der Waals surface area contributed by atoms with Gasteiger partial charge in [0.1, 0.15) is 0 Å². The highest BCUT2D eigenvalue weighted by molar-refractivity contribution is 5.44. The van der Waals surface area contributed by atoms with Crippen molar-refractivity contribution in [2.75, 3.05) is 25.5 Å². The largest absolute Gasteiger partial charge is 0.375 e. The summed E-state index contributed by atoms with van der Waals surface area (Å²) in [5.74, 6) is 0. The predicted octanol–water partition coefficient (Wildman–Crippen LogP) is 2.51. The maximum Gasteiger partial charge on any atom is 0.0363 e. The van der Waals surface area contributed by atoms with Gasteiger partial charge >= 0.3 is 0 Å². The minimum atomic E-state index is 0.620. The van der Waals surface area contributed by atoms with Crippen molar-refractivity contribution < 1.29 is 0 Å². The number of anilines is 1. The van der Waals surface area contributed by atoms with Crippen LogP contribution in [0.25, 0.3) is 0 Å². The fourth-order valence-corrected chi connectivity index (χ4v) is 1.59. The zero-order chi connectivity index (χ0) is 11.1. The van der Waals surface area contributed by atoms with Crippen LogP contribution in [0, 0.1) is 0 Å². The minimum absolute atomic E-state index is 0.620. The molecule has 0 aliphatic carbocycles. The highest BCUT2D eigenvalue weighted by Crippen LogP contribution is 2.11. The fraction of sp³-hybridized carbons (Fsp3) is 0.538. The molecule has 0 aromatic heterocycles. The molecule has 1 N–H and O–H groups in total. The molecular formula is C13H22N2. The molecule has 2 heteroatoms. The third-order valence-electron chi connectivity index (χ3n) is 2.82. The van der Waals surface area contributed by atoms with Crippen molar-refractivity contribution in [3.05, 3.63) is 30.3 Å². The van der Waals surface area contributed by atoms with Gasteiger partial charge in [-0.15, -0.1) is 0 Å². The molecule has 15 heavy (non-hydrogen) atoms. The average Bonchev–Trinajstić information content (AvgIpc) is 2.29. The molecule has 0 saturated carbocycles. The Morgan fingerprint density at radius 2 is 1.93 bits per heavy atom. The molecule has 0 saturated heterocycles. The van der Waals surface area contributed by atoms with E-state index in [4.69, 9.17) is 0 Å². The Kier molecular flexibility index (Phi) is 5.19. The Morgan fingerprint density at radius 3 is 2.53 bits per heavy atom. The molecule has 0 aliphatic heterocycles. The summed E-state index contributed by atoms with van der Waals surface area (Å²) in [4.78, 5) is 2.31. The van der Waals surface area contributed by atoms with Crippen molar-refractivity contribution in [3.8, 4) is 0 Å².